The maximum absolute atomic E-state index is 12.7. The molecule has 0 aliphatic heterocycles. The normalized spacial score (nSPS) is 10.5. The van der Waals surface area contributed by atoms with Crippen molar-refractivity contribution in [1.29, 1.82) is 0 Å². The maximum atomic E-state index is 12.7. The highest BCUT2D eigenvalue weighted by Crippen LogP contribution is 2.23. The Morgan fingerprint density at radius 1 is 1.42 bits per heavy atom. The molecule has 2 aromatic rings. The number of carbonyl (C=O) groups is 1. The fourth-order valence-electron chi connectivity index (χ4n) is 1.64. The van der Waals surface area contributed by atoms with E-state index in [-0.39, 0.29) is 5.91 Å². The molecule has 0 radical (unpaired) electrons. The molecule has 1 amide bonds. The molecule has 0 spiro atoms. The summed E-state index contributed by atoms with van der Waals surface area (Å²) in [5.41, 5.74) is 0.380. The van der Waals surface area contributed by atoms with Crippen LogP contribution in [0.2, 0.25) is 4.34 Å². The smallest absolute Gasteiger partial charge is 0.255 e. The van der Waals surface area contributed by atoms with E-state index in [1.165, 1.54) is 29.7 Å². The van der Waals surface area contributed by atoms with E-state index in [1.807, 2.05) is 13.0 Å². The Morgan fingerprint density at radius 2 is 2.21 bits per heavy atom. The molecule has 6 heteroatoms. The van der Waals surface area contributed by atoms with Crippen molar-refractivity contribution in [3.05, 3.63) is 51.2 Å². The van der Waals surface area contributed by atoms with Gasteiger partial charge in [0.15, 0.2) is 0 Å². The van der Waals surface area contributed by atoms with Crippen LogP contribution in [0, 0.1) is 5.95 Å². The quantitative estimate of drug-likeness (QED) is 0.808. The first-order valence-electron chi connectivity index (χ1n) is 5.75. The molecule has 100 valence electrons. The first-order chi connectivity index (χ1) is 9.10. The third kappa shape index (κ3) is 3.52. The predicted octanol–water partition coefficient (Wildman–Crippen LogP) is 3.60. The van der Waals surface area contributed by atoms with E-state index in [0.29, 0.717) is 23.0 Å². The monoisotopic (exact) mass is 298 g/mol. The Bertz CT molecular complexity index is 570. The molecule has 0 unspecified atom stereocenters. The summed E-state index contributed by atoms with van der Waals surface area (Å²) >= 11 is 7.31. The minimum absolute atomic E-state index is 0.167. The zero-order valence-electron chi connectivity index (χ0n) is 10.3. The van der Waals surface area contributed by atoms with Gasteiger partial charge in [-0.25, -0.2) is 4.98 Å². The largest absolute Gasteiger partial charge is 0.334 e. The van der Waals surface area contributed by atoms with Crippen LogP contribution in [0.4, 0.5) is 4.39 Å². The third-order valence-corrected chi connectivity index (χ3v) is 3.83. The number of thiophene rings is 1. The second-order valence-corrected chi connectivity index (χ2v) is 5.69. The molecule has 0 aromatic carbocycles. The van der Waals surface area contributed by atoms with Crippen LogP contribution in [0.15, 0.2) is 30.5 Å². The second kappa shape index (κ2) is 6.12. The number of aromatic nitrogens is 1. The van der Waals surface area contributed by atoms with E-state index in [1.54, 1.807) is 11.0 Å². The van der Waals surface area contributed by atoms with E-state index < -0.39 is 5.95 Å². The lowest BCUT2D eigenvalue weighted by Crippen LogP contribution is -2.30. The van der Waals surface area contributed by atoms with Crippen molar-refractivity contribution >= 4 is 28.8 Å². The van der Waals surface area contributed by atoms with Crippen molar-refractivity contribution in [1.82, 2.24) is 9.88 Å². The zero-order chi connectivity index (χ0) is 13.8. The Labute approximate surface area is 119 Å². The molecule has 19 heavy (non-hydrogen) atoms. The van der Waals surface area contributed by atoms with Crippen LogP contribution < -0.4 is 0 Å². The number of pyridine rings is 1. The molecule has 0 aliphatic rings. The van der Waals surface area contributed by atoms with E-state index in [2.05, 4.69) is 4.98 Å². The van der Waals surface area contributed by atoms with E-state index >= 15 is 0 Å². The summed E-state index contributed by atoms with van der Waals surface area (Å²) in [7, 11) is 0. The van der Waals surface area contributed by atoms with Crippen LogP contribution in [0.3, 0.4) is 0 Å². The van der Waals surface area contributed by atoms with Crippen LogP contribution >= 0.6 is 22.9 Å². The van der Waals surface area contributed by atoms with Gasteiger partial charge in [-0.2, -0.15) is 4.39 Å². The molecule has 3 nitrogen and oxygen atoms in total. The summed E-state index contributed by atoms with van der Waals surface area (Å²) in [6.07, 6.45) is 1.25. The van der Waals surface area contributed by atoms with Crippen molar-refractivity contribution in [2.45, 2.75) is 13.5 Å². The highest BCUT2D eigenvalue weighted by Gasteiger charge is 2.15. The molecule has 0 saturated heterocycles. The van der Waals surface area contributed by atoms with Crippen molar-refractivity contribution < 1.29 is 9.18 Å². The summed E-state index contributed by atoms with van der Waals surface area (Å²) in [4.78, 5) is 18.4. The number of amides is 1. The topological polar surface area (TPSA) is 33.2 Å². The molecule has 2 heterocycles. The average Bonchev–Trinajstić information content (AvgIpc) is 2.81. The van der Waals surface area contributed by atoms with Gasteiger partial charge in [0, 0.05) is 17.6 Å². The molecular formula is C13H12ClFN2OS. The van der Waals surface area contributed by atoms with Gasteiger partial charge in [-0.05, 0) is 31.2 Å². The molecule has 0 saturated carbocycles. The molecule has 0 bridgehead atoms. The summed E-state index contributed by atoms with van der Waals surface area (Å²) in [5.74, 6) is -0.760. The first-order valence-corrected chi connectivity index (χ1v) is 6.94. The number of hydrogen-bond donors (Lipinski definition) is 0. The number of rotatable bonds is 4. The minimum atomic E-state index is -0.593. The van der Waals surface area contributed by atoms with Gasteiger partial charge in [0.1, 0.15) is 0 Å². The van der Waals surface area contributed by atoms with Crippen molar-refractivity contribution in [2.75, 3.05) is 6.54 Å². The minimum Gasteiger partial charge on any atom is -0.334 e. The van der Waals surface area contributed by atoms with Gasteiger partial charge in [-0.1, -0.05) is 11.6 Å². The lowest BCUT2D eigenvalue weighted by molar-refractivity contribution is 0.0753. The lowest BCUT2D eigenvalue weighted by atomic mass is 10.2. The Kier molecular flexibility index (Phi) is 4.50. The number of halogens is 2. The summed E-state index contributed by atoms with van der Waals surface area (Å²) in [6, 6.07) is 6.32. The number of hydrogen-bond acceptors (Lipinski definition) is 3. The number of carbonyl (C=O) groups excluding carboxylic acids is 1. The molecule has 2 aromatic heterocycles. The summed E-state index contributed by atoms with van der Waals surface area (Å²) < 4.78 is 13.4. The van der Waals surface area contributed by atoms with Gasteiger partial charge in [-0.15, -0.1) is 11.3 Å². The van der Waals surface area contributed by atoms with Crippen molar-refractivity contribution in [3.63, 3.8) is 0 Å². The van der Waals surface area contributed by atoms with Gasteiger partial charge in [0.25, 0.3) is 5.91 Å². The molecular weight excluding hydrogens is 287 g/mol. The second-order valence-electron chi connectivity index (χ2n) is 3.89. The van der Waals surface area contributed by atoms with Crippen molar-refractivity contribution in [3.8, 4) is 0 Å². The zero-order valence-corrected chi connectivity index (χ0v) is 11.8. The summed E-state index contributed by atoms with van der Waals surface area (Å²) in [6.45, 7) is 2.94. The average molecular weight is 299 g/mol. The third-order valence-electron chi connectivity index (χ3n) is 2.62. The van der Waals surface area contributed by atoms with Crippen molar-refractivity contribution in [2.24, 2.45) is 0 Å². The fraction of sp³-hybridized carbons (Fsp3) is 0.231. The molecule has 0 fully saturated rings. The van der Waals surface area contributed by atoms with Crippen LogP contribution in [0.25, 0.3) is 0 Å². The number of nitrogens with zero attached hydrogens (tertiary/aromatic N) is 2. The fourth-order valence-corrected chi connectivity index (χ4v) is 2.74. The molecule has 0 aliphatic carbocycles. The Hall–Kier alpha value is -1.46. The summed E-state index contributed by atoms with van der Waals surface area (Å²) in [5, 5.41) is 0. The molecule has 0 atom stereocenters. The van der Waals surface area contributed by atoms with Crippen LogP contribution in [-0.4, -0.2) is 22.3 Å². The predicted molar refractivity (Wildman–Crippen MR) is 73.9 cm³/mol. The first kappa shape index (κ1) is 14.0. The van der Waals surface area contributed by atoms with Gasteiger partial charge in [0.2, 0.25) is 5.95 Å². The van der Waals surface area contributed by atoms with Crippen LogP contribution in [0.5, 0.6) is 0 Å². The van der Waals surface area contributed by atoms with E-state index in [4.69, 9.17) is 11.6 Å². The van der Waals surface area contributed by atoms with Gasteiger partial charge in [-0.3, -0.25) is 4.79 Å². The van der Waals surface area contributed by atoms with Crippen LogP contribution in [-0.2, 0) is 6.54 Å². The van der Waals surface area contributed by atoms with Gasteiger partial charge >= 0.3 is 0 Å². The highest BCUT2D eigenvalue weighted by molar-refractivity contribution is 7.16. The highest BCUT2D eigenvalue weighted by atomic mass is 35.5. The standard InChI is InChI=1S/C13H12ClFN2OS/c1-2-17(8-10-4-5-11(14)19-10)13(18)9-3-6-12(15)16-7-9/h3-7H,2,8H2,1H3. The Morgan fingerprint density at radius 3 is 2.74 bits per heavy atom. The van der Waals surface area contributed by atoms with Gasteiger partial charge < -0.3 is 4.90 Å². The molecule has 2 rings (SSSR count). The van der Waals surface area contributed by atoms with E-state index in [0.717, 1.165) is 4.88 Å². The van der Waals surface area contributed by atoms with Gasteiger partial charge in [0.05, 0.1) is 16.4 Å². The maximum Gasteiger partial charge on any atom is 0.255 e. The SMILES string of the molecule is CCN(Cc1ccc(Cl)s1)C(=O)c1ccc(F)nc1. The van der Waals surface area contributed by atoms with E-state index in [9.17, 15) is 9.18 Å². The molecule has 0 N–H and O–H groups in total. The lowest BCUT2D eigenvalue weighted by Gasteiger charge is -2.19. The van der Waals surface area contributed by atoms with Crippen LogP contribution in [0.1, 0.15) is 22.2 Å². The Balaban J connectivity index is 2.12.